The highest BCUT2D eigenvalue weighted by Gasteiger charge is 2.30. The van der Waals surface area contributed by atoms with Crippen LogP contribution in [-0.2, 0) is 32.0 Å². The lowest BCUT2D eigenvalue weighted by Gasteiger charge is -2.25. The van der Waals surface area contributed by atoms with Crippen LogP contribution in [0, 0.1) is 0 Å². The van der Waals surface area contributed by atoms with Gasteiger partial charge in [0.2, 0.25) is 17.7 Å². The quantitative estimate of drug-likeness (QED) is 0.0425. The summed E-state index contributed by atoms with van der Waals surface area (Å²) in [4.78, 5) is 58.5. The first-order valence-electron chi connectivity index (χ1n) is 13.9. The molecule has 0 bridgehead atoms. The molecule has 0 aliphatic carbocycles. The zero-order chi connectivity index (χ0) is 32.2. The average molecular weight is 627 g/mol. The molecule has 3 rings (SSSR count). The third-order valence-electron chi connectivity index (χ3n) is 6.84. The number of benzene rings is 2. The molecule has 0 saturated heterocycles. The number of phenolic OH excluding ortho intramolecular Hbond substituents is 1. The number of carboxylic acids is 1. The first-order chi connectivity index (χ1) is 21.0. The van der Waals surface area contributed by atoms with E-state index in [1.165, 1.54) is 12.1 Å². The Morgan fingerprint density at radius 2 is 1.52 bits per heavy atom. The first kappa shape index (κ1) is 33.7. The molecular formula is C29H38N8O6S. The zero-order valence-electron chi connectivity index (χ0n) is 23.9. The van der Waals surface area contributed by atoms with E-state index in [-0.39, 0.29) is 43.3 Å². The number of phenols is 1. The number of carbonyl (C=O) groups is 4. The predicted molar refractivity (Wildman–Crippen MR) is 169 cm³/mol. The Hall–Kier alpha value is -4.76. The Morgan fingerprint density at radius 1 is 0.886 bits per heavy atom. The van der Waals surface area contributed by atoms with Gasteiger partial charge in [0.05, 0.1) is 6.04 Å². The van der Waals surface area contributed by atoms with Crippen molar-refractivity contribution in [3.8, 4) is 5.75 Å². The summed E-state index contributed by atoms with van der Waals surface area (Å²) in [6, 6.07) is 8.73. The molecule has 44 heavy (non-hydrogen) atoms. The molecule has 3 aromatic rings. The number of guanidine groups is 1. The van der Waals surface area contributed by atoms with Gasteiger partial charge in [-0.3, -0.25) is 19.4 Å². The lowest BCUT2D eigenvalue weighted by molar-refractivity contribution is -0.142. The van der Waals surface area contributed by atoms with Crippen LogP contribution in [0.1, 0.15) is 24.0 Å². The lowest BCUT2D eigenvalue weighted by atomic mass is 10.0. The number of rotatable bonds is 16. The number of aliphatic carboxylic acids is 1. The molecule has 1 heterocycles. The number of aromatic hydroxyl groups is 1. The molecular weight excluding hydrogens is 588 g/mol. The number of H-pyrrole nitrogens is 1. The van der Waals surface area contributed by atoms with E-state index in [0.29, 0.717) is 17.5 Å². The van der Waals surface area contributed by atoms with Crippen molar-refractivity contribution >= 4 is 53.2 Å². The molecule has 236 valence electrons. The van der Waals surface area contributed by atoms with E-state index in [4.69, 9.17) is 17.2 Å². The Labute approximate surface area is 259 Å². The number of aromatic nitrogens is 1. The molecule has 14 nitrogen and oxygen atoms in total. The molecule has 0 aliphatic heterocycles. The van der Waals surface area contributed by atoms with Crippen LogP contribution in [0.2, 0.25) is 0 Å². The van der Waals surface area contributed by atoms with E-state index < -0.39 is 47.9 Å². The number of hydrogen-bond donors (Lipinski definition) is 10. The normalized spacial score (nSPS) is 13.7. The van der Waals surface area contributed by atoms with Gasteiger partial charge in [-0.05, 0) is 42.2 Å². The van der Waals surface area contributed by atoms with Crippen LogP contribution in [-0.4, -0.2) is 81.3 Å². The van der Waals surface area contributed by atoms with Crippen molar-refractivity contribution in [1.29, 1.82) is 0 Å². The minimum absolute atomic E-state index is 0.0101. The molecule has 4 atom stereocenters. The Morgan fingerprint density at radius 3 is 2.18 bits per heavy atom. The summed E-state index contributed by atoms with van der Waals surface area (Å²) in [7, 11) is 0. The fourth-order valence-corrected chi connectivity index (χ4v) is 4.72. The summed E-state index contributed by atoms with van der Waals surface area (Å²) in [6.45, 7) is 0.283. The topological polar surface area (TPSA) is 251 Å². The van der Waals surface area contributed by atoms with Gasteiger partial charge in [0.15, 0.2) is 5.96 Å². The highest BCUT2D eigenvalue weighted by atomic mass is 32.1. The highest BCUT2D eigenvalue weighted by molar-refractivity contribution is 7.80. The van der Waals surface area contributed by atoms with Crippen LogP contribution in [0.4, 0.5) is 0 Å². The van der Waals surface area contributed by atoms with Crippen LogP contribution in [0.3, 0.4) is 0 Å². The molecule has 0 radical (unpaired) electrons. The second-order valence-corrected chi connectivity index (χ2v) is 10.6. The smallest absolute Gasteiger partial charge is 0.326 e. The van der Waals surface area contributed by atoms with Crippen molar-refractivity contribution in [3.05, 3.63) is 65.9 Å². The molecule has 4 unspecified atom stereocenters. The fraction of sp³-hybridized carbons (Fsp3) is 0.345. The van der Waals surface area contributed by atoms with E-state index in [0.717, 1.165) is 10.9 Å². The number of para-hydroxylation sites is 1. The number of nitrogens with one attached hydrogen (secondary N) is 4. The SMILES string of the molecule is NC(N)=NCCCC(N)C(=O)NC(CS)C(=O)NC(Cc1ccc(O)cc1)C(=O)NC(Cc1c[nH]c2ccccc12)C(=O)O. The summed E-state index contributed by atoms with van der Waals surface area (Å²) in [5, 5.41) is 28.1. The van der Waals surface area contributed by atoms with E-state index in [1.807, 2.05) is 24.3 Å². The lowest BCUT2D eigenvalue weighted by Crippen LogP contribution is -2.58. The van der Waals surface area contributed by atoms with Gasteiger partial charge in [-0.25, -0.2) is 4.79 Å². The maximum atomic E-state index is 13.5. The average Bonchev–Trinajstić information content (AvgIpc) is 3.40. The van der Waals surface area contributed by atoms with Crippen LogP contribution >= 0.6 is 12.6 Å². The number of fused-ring (bicyclic) bond motifs is 1. The second-order valence-electron chi connectivity index (χ2n) is 10.2. The number of amides is 3. The van der Waals surface area contributed by atoms with E-state index in [2.05, 4.69) is 38.6 Å². The largest absolute Gasteiger partial charge is 0.508 e. The molecule has 0 fully saturated rings. The van der Waals surface area contributed by atoms with Gasteiger partial charge >= 0.3 is 5.97 Å². The number of carbonyl (C=O) groups excluding carboxylic acids is 3. The Kier molecular flexibility index (Phi) is 12.4. The van der Waals surface area contributed by atoms with E-state index >= 15 is 0 Å². The van der Waals surface area contributed by atoms with Crippen molar-refractivity contribution in [3.63, 3.8) is 0 Å². The van der Waals surface area contributed by atoms with Crippen molar-refractivity contribution < 1.29 is 29.4 Å². The van der Waals surface area contributed by atoms with Gasteiger partial charge in [-0.1, -0.05) is 30.3 Å². The zero-order valence-corrected chi connectivity index (χ0v) is 24.8. The fourth-order valence-electron chi connectivity index (χ4n) is 4.47. The summed E-state index contributed by atoms with van der Waals surface area (Å²) >= 11 is 4.18. The molecule has 0 spiro atoms. The number of carboxylic acid groups (broad SMARTS) is 1. The maximum Gasteiger partial charge on any atom is 0.326 e. The number of nitrogens with two attached hydrogens (primary N) is 3. The Balaban J connectivity index is 1.73. The number of aromatic amines is 1. The van der Waals surface area contributed by atoms with Gasteiger partial charge in [-0.15, -0.1) is 0 Å². The number of hydrogen-bond acceptors (Lipinski definition) is 8. The van der Waals surface area contributed by atoms with Crippen LogP contribution in [0.25, 0.3) is 10.9 Å². The molecule has 2 aromatic carbocycles. The van der Waals surface area contributed by atoms with Gasteiger partial charge in [-0.2, -0.15) is 12.6 Å². The highest BCUT2D eigenvalue weighted by Crippen LogP contribution is 2.19. The van der Waals surface area contributed by atoms with Crippen molar-refractivity contribution in [1.82, 2.24) is 20.9 Å². The number of aliphatic imine (C=N–C) groups is 1. The standard InChI is InChI=1S/C29H38N8O6S/c30-20(5-3-11-33-29(31)32)25(39)37-24(15-44)27(41)35-22(12-16-7-9-18(38)10-8-16)26(40)36-23(28(42)43)13-17-14-34-21-6-2-1-4-19(17)21/h1-2,4,6-10,14,20,22-24,34,38,44H,3,5,11-13,15,30H2,(H,35,41)(H,36,40)(H,37,39)(H,42,43)(H4,31,32,33). The molecule has 15 heteroatoms. The first-order valence-corrected chi connectivity index (χ1v) is 14.5. The predicted octanol–water partition coefficient (Wildman–Crippen LogP) is -0.492. The van der Waals surface area contributed by atoms with Crippen molar-refractivity contribution in [2.24, 2.45) is 22.2 Å². The minimum atomic E-state index is -1.31. The number of thiol groups is 1. The van der Waals surface area contributed by atoms with E-state index in [1.54, 1.807) is 18.3 Å². The maximum absolute atomic E-state index is 13.5. The van der Waals surface area contributed by atoms with Gasteiger partial charge in [0.25, 0.3) is 0 Å². The van der Waals surface area contributed by atoms with Gasteiger partial charge < -0.3 is 48.3 Å². The molecule has 0 saturated carbocycles. The second kappa shape index (κ2) is 16.2. The van der Waals surface area contributed by atoms with Crippen LogP contribution < -0.4 is 33.2 Å². The van der Waals surface area contributed by atoms with Crippen LogP contribution in [0.15, 0.2) is 59.7 Å². The molecule has 1 aromatic heterocycles. The third kappa shape index (κ3) is 9.91. The Bertz CT molecular complexity index is 1470. The summed E-state index contributed by atoms with van der Waals surface area (Å²) < 4.78 is 0. The summed E-state index contributed by atoms with van der Waals surface area (Å²) in [5.41, 5.74) is 18.6. The van der Waals surface area contributed by atoms with Crippen LogP contribution in [0.5, 0.6) is 5.75 Å². The third-order valence-corrected chi connectivity index (χ3v) is 7.21. The molecule has 3 amide bonds. The van der Waals surface area contributed by atoms with Gasteiger partial charge in [0.1, 0.15) is 23.9 Å². The van der Waals surface area contributed by atoms with Gasteiger partial charge in [0, 0.05) is 42.2 Å². The molecule has 0 aliphatic rings. The summed E-state index contributed by atoms with van der Waals surface area (Å²) in [5.74, 6) is -3.50. The number of nitrogens with zero attached hydrogens (tertiary/aromatic N) is 1. The summed E-state index contributed by atoms with van der Waals surface area (Å²) in [6.07, 6.45) is 2.33. The molecule has 12 N–H and O–H groups in total. The van der Waals surface area contributed by atoms with E-state index in [9.17, 15) is 29.4 Å². The van der Waals surface area contributed by atoms with Crippen molar-refractivity contribution in [2.45, 2.75) is 49.9 Å². The monoisotopic (exact) mass is 626 g/mol. The minimum Gasteiger partial charge on any atom is -0.508 e. The van der Waals surface area contributed by atoms with Crippen molar-refractivity contribution in [2.75, 3.05) is 12.3 Å².